The molecule has 0 saturated carbocycles. The topological polar surface area (TPSA) is 6.48 Å². The third kappa shape index (κ3) is 6.76. The van der Waals surface area contributed by atoms with Crippen molar-refractivity contribution < 1.29 is 0 Å². The molecule has 1 aliphatic rings. The Morgan fingerprint density at radius 1 is 0.302 bits per heavy atom. The second kappa shape index (κ2) is 16.5. The molecule has 11 rings (SSSR count). The second-order valence-corrected chi connectivity index (χ2v) is 19.8. The van der Waals surface area contributed by atoms with Gasteiger partial charge >= 0.3 is 0 Å². The number of benzene rings is 10. The molecule has 0 aliphatic carbocycles. The average molecular weight is 821 g/mol. The summed E-state index contributed by atoms with van der Waals surface area (Å²) in [5.41, 5.74) is 14.0. The summed E-state index contributed by atoms with van der Waals surface area (Å²) in [5, 5.41) is 5.43. The predicted octanol–water partition coefficient (Wildman–Crippen LogP) is 13.3. The predicted molar refractivity (Wildman–Crippen MR) is 269 cm³/mol. The first-order valence-electron chi connectivity index (χ1n) is 21.7. The van der Waals surface area contributed by atoms with Crippen LogP contribution in [0.3, 0.4) is 0 Å². The summed E-state index contributed by atoms with van der Waals surface area (Å²) in [6, 6.07) is 97.9. The molecule has 1 heterocycles. The zero-order chi connectivity index (χ0) is 42.0. The summed E-state index contributed by atoms with van der Waals surface area (Å²) >= 11 is 0. The number of hydrogen-bond donors (Lipinski definition) is 0. The van der Waals surface area contributed by atoms with Crippen LogP contribution >= 0.6 is 0 Å². The van der Waals surface area contributed by atoms with Crippen molar-refractivity contribution in [2.45, 2.75) is 0 Å². The molecular weight excluding hydrogens is 777 g/mol. The van der Waals surface area contributed by atoms with Gasteiger partial charge in [0.25, 0.3) is 0 Å². The van der Waals surface area contributed by atoms with Crippen molar-refractivity contribution in [3.05, 3.63) is 267 Å². The van der Waals surface area contributed by atoms with Gasteiger partial charge in [0.15, 0.2) is 8.07 Å². The van der Waals surface area contributed by atoms with Crippen molar-refractivity contribution in [2.24, 2.45) is 0 Å². The van der Waals surface area contributed by atoms with E-state index < -0.39 is 8.07 Å². The van der Waals surface area contributed by atoms with E-state index >= 15 is 0 Å². The Morgan fingerprint density at radius 2 is 0.730 bits per heavy atom. The number of anilines is 6. The van der Waals surface area contributed by atoms with E-state index in [1.165, 1.54) is 65.5 Å². The van der Waals surface area contributed by atoms with Gasteiger partial charge in [-0.15, -0.1) is 0 Å². The standard InChI is InChI=1S/C60H44N2Si/c1-6-20-45(21-7-1)46-34-36-47(37-35-46)48-38-40-51(41-39-48)61(56-31-17-16-30-55(56)49-22-8-2-9-23-49)52-42-43-58-60(44-52)63(53-26-12-4-13-27-53,54-28-14-5-15-29-54)59-33-19-18-32-57(59)62(58)50-24-10-3-11-25-50/h1-44H. The lowest BCUT2D eigenvalue weighted by Gasteiger charge is -2.45. The summed E-state index contributed by atoms with van der Waals surface area (Å²) in [6.45, 7) is 0. The minimum atomic E-state index is -2.96. The van der Waals surface area contributed by atoms with Crippen LogP contribution in [0.5, 0.6) is 0 Å². The van der Waals surface area contributed by atoms with E-state index in [1.54, 1.807) is 0 Å². The Labute approximate surface area is 371 Å². The summed E-state index contributed by atoms with van der Waals surface area (Å²) in [6.07, 6.45) is 0. The first-order chi connectivity index (χ1) is 31.3. The molecule has 298 valence electrons. The van der Waals surface area contributed by atoms with E-state index in [2.05, 4.69) is 277 Å². The molecule has 3 heteroatoms. The lowest BCUT2D eigenvalue weighted by atomic mass is 9.99. The lowest BCUT2D eigenvalue weighted by Crippen LogP contribution is -2.77. The molecule has 0 bridgehead atoms. The van der Waals surface area contributed by atoms with Crippen LogP contribution in [0.1, 0.15) is 0 Å². The van der Waals surface area contributed by atoms with E-state index in [0.29, 0.717) is 0 Å². The van der Waals surface area contributed by atoms with Gasteiger partial charge in [-0.1, -0.05) is 212 Å². The molecule has 0 fully saturated rings. The average Bonchev–Trinajstić information content (AvgIpc) is 3.37. The maximum Gasteiger partial charge on any atom is 0.184 e. The van der Waals surface area contributed by atoms with E-state index in [1.807, 2.05) is 0 Å². The van der Waals surface area contributed by atoms with Crippen LogP contribution in [0.25, 0.3) is 33.4 Å². The minimum Gasteiger partial charge on any atom is -0.311 e. The van der Waals surface area contributed by atoms with Crippen LogP contribution in [-0.2, 0) is 0 Å². The molecule has 63 heavy (non-hydrogen) atoms. The van der Waals surface area contributed by atoms with Crippen molar-refractivity contribution in [3.8, 4) is 33.4 Å². The van der Waals surface area contributed by atoms with Gasteiger partial charge < -0.3 is 9.80 Å². The fourth-order valence-electron chi connectivity index (χ4n) is 9.69. The Hall–Kier alpha value is -7.98. The third-order valence-electron chi connectivity index (χ3n) is 12.5. The quantitative estimate of drug-likeness (QED) is 0.134. The fourth-order valence-corrected chi connectivity index (χ4v) is 14.8. The number of nitrogens with zero attached hydrogens (tertiary/aromatic N) is 2. The number of fused-ring (bicyclic) bond motifs is 2. The summed E-state index contributed by atoms with van der Waals surface area (Å²) in [7, 11) is -2.96. The van der Waals surface area contributed by atoms with Crippen molar-refractivity contribution in [3.63, 3.8) is 0 Å². The normalized spacial score (nSPS) is 12.5. The van der Waals surface area contributed by atoms with Crippen molar-refractivity contribution in [1.29, 1.82) is 0 Å². The smallest absolute Gasteiger partial charge is 0.184 e. The molecule has 0 saturated heterocycles. The third-order valence-corrected chi connectivity index (χ3v) is 17.4. The van der Waals surface area contributed by atoms with Crippen LogP contribution in [0, 0.1) is 0 Å². The number of rotatable bonds is 9. The molecule has 0 atom stereocenters. The fraction of sp³-hybridized carbons (Fsp3) is 0. The van der Waals surface area contributed by atoms with Gasteiger partial charge in [0, 0.05) is 34.0 Å². The lowest BCUT2D eigenvalue weighted by molar-refractivity contribution is 1.26. The maximum atomic E-state index is 2.52. The Kier molecular flexibility index (Phi) is 9.93. The van der Waals surface area contributed by atoms with E-state index in [9.17, 15) is 0 Å². The van der Waals surface area contributed by atoms with Gasteiger partial charge in [-0.3, -0.25) is 0 Å². The van der Waals surface area contributed by atoms with Crippen LogP contribution < -0.4 is 30.5 Å². The largest absolute Gasteiger partial charge is 0.311 e. The van der Waals surface area contributed by atoms with Crippen LogP contribution in [0.2, 0.25) is 0 Å². The minimum absolute atomic E-state index is 1.09. The van der Waals surface area contributed by atoms with Crippen LogP contribution in [0.4, 0.5) is 34.1 Å². The molecule has 0 aromatic heterocycles. The van der Waals surface area contributed by atoms with Crippen molar-refractivity contribution in [1.82, 2.24) is 0 Å². The van der Waals surface area contributed by atoms with Gasteiger partial charge in [0.2, 0.25) is 0 Å². The first-order valence-corrected chi connectivity index (χ1v) is 23.7. The Morgan fingerprint density at radius 3 is 1.33 bits per heavy atom. The van der Waals surface area contributed by atoms with Gasteiger partial charge in [-0.05, 0) is 103 Å². The molecule has 0 spiro atoms. The van der Waals surface area contributed by atoms with E-state index in [0.717, 1.165) is 22.7 Å². The molecular formula is C60H44N2Si. The number of para-hydroxylation sites is 3. The molecule has 10 aromatic rings. The van der Waals surface area contributed by atoms with E-state index in [-0.39, 0.29) is 0 Å². The van der Waals surface area contributed by atoms with Crippen LogP contribution in [0.15, 0.2) is 267 Å². The van der Waals surface area contributed by atoms with E-state index in [4.69, 9.17) is 0 Å². The molecule has 0 radical (unpaired) electrons. The summed E-state index contributed by atoms with van der Waals surface area (Å²) in [5.74, 6) is 0. The molecule has 0 amide bonds. The van der Waals surface area contributed by atoms with Gasteiger partial charge in [0.05, 0.1) is 5.69 Å². The highest BCUT2D eigenvalue weighted by atomic mass is 28.3. The molecule has 0 unspecified atom stereocenters. The van der Waals surface area contributed by atoms with Gasteiger partial charge in [0.1, 0.15) is 0 Å². The Balaban J connectivity index is 1.15. The zero-order valence-corrected chi connectivity index (χ0v) is 35.8. The highest BCUT2D eigenvalue weighted by Gasteiger charge is 2.49. The highest BCUT2D eigenvalue weighted by molar-refractivity contribution is 7.21. The Bertz CT molecular complexity index is 3100. The number of hydrogen-bond acceptors (Lipinski definition) is 2. The molecule has 0 N–H and O–H groups in total. The molecule has 10 aromatic carbocycles. The zero-order valence-electron chi connectivity index (χ0n) is 34.8. The monoisotopic (exact) mass is 820 g/mol. The molecule has 2 nitrogen and oxygen atoms in total. The highest BCUT2D eigenvalue weighted by Crippen LogP contribution is 2.44. The second-order valence-electron chi connectivity index (χ2n) is 16.1. The summed E-state index contributed by atoms with van der Waals surface area (Å²) in [4.78, 5) is 4.94. The van der Waals surface area contributed by atoms with Crippen molar-refractivity contribution >= 4 is 62.9 Å². The van der Waals surface area contributed by atoms with Gasteiger partial charge in [-0.2, -0.15) is 0 Å². The summed E-state index contributed by atoms with van der Waals surface area (Å²) < 4.78 is 0. The maximum absolute atomic E-state index is 2.96. The van der Waals surface area contributed by atoms with Crippen molar-refractivity contribution in [2.75, 3.05) is 9.80 Å². The van der Waals surface area contributed by atoms with Gasteiger partial charge in [-0.25, -0.2) is 0 Å². The SMILES string of the molecule is c1ccc(-c2ccc(-c3ccc(N(c4ccc5c(c4)[Si](c4ccccc4)(c4ccccc4)c4ccccc4N5c4ccccc4)c4ccccc4-c4ccccc4)cc3)cc2)cc1. The van der Waals surface area contributed by atoms with Crippen LogP contribution in [-0.4, -0.2) is 8.07 Å². The molecule has 1 aliphatic heterocycles. The first kappa shape index (κ1) is 38.0.